The van der Waals surface area contributed by atoms with Crippen molar-refractivity contribution >= 4 is 28.6 Å². The van der Waals surface area contributed by atoms with Crippen LogP contribution in [0.15, 0.2) is 36.4 Å². The SMILES string of the molecule is NC(=O)[C@H]1CCCN(C(=O)COC(=O)c2ccc3ccccc3c2O)C1. The van der Waals surface area contributed by atoms with Gasteiger partial charge in [-0.25, -0.2) is 4.79 Å². The Hall–Kier alpha value is -3.09. The predicted molar refractivity (Wildman–Crippen MR) is 94.4 cm³/mol. The van der Waals surface area contributed by atoms with Crippen LogP contribution in [0.4, 0.5) is 0 Å². The molecule has 26 heavy (non-hydrogen) atoms. The number of esters is 1. The quantitative estimate of drug-likeness (QED) is 0.805. The number of rotatable bonds is 4. The first-order valence-corrected chi connectivity index (χ1v) is 8.42. The molecule has 3 N–H and O–H groups in total. The number of ether oxygens (including phenoxy) is 1. The van der Waals surface area contributed by atoms with Crippen molar-refractivity contribution in [1.29, 1.82) is 0 Å². The number of nitrogens with zero attached hydrogens (tertiary/aromatic N) is 1. The first-order valence-electron chi connectivity index (χ1n) is 8.42. The lowest BCUT2D eigenvalue weighted by molar-refractivity contribution is -0.137. The molecule has 1 aliphatic heterocycles. The van der Waals surface area contributed by atoms with E-state index in [2.05, 4.69) is 0 Å². The number of aromatic hydroxyl groups is 1. The minimum absolute atomic E-state index is 0.00477. The number of carbonyl (C=O) groups is 3. The first-order chi connectivity index (χ1) is 12.5. The third kappa shape index (κ3) is 3.61. The zero-order valence-corrected chi connectivity index (χ0v) is 14.2. The molecule has 2 aromatic rings. The minimum atomic E-state index is -0.773. The summed E-state index contributed by atoms with van der Waals surface area (Å²) in [4.78, 5) is 37.2. The van der Waals surface area contributed by atoms with Crippen LogP contribution in [0, 0.1) is 5.92 Å². The molecule has 2 aromatic carbocycles. The van der Waals surface area contributed by atoms with E-state index in [4.69, 9.17) is 10.5 Å². The summed E-state index contributed by atoms with van der Waals surface area (Å²) in [6, 6.07) is 10.3. The number of hydrogen-bond acceptors (Lipinski definition) is 5. The maximum Gasteiger partial charge on any atom is 0.342 e. The average Bonchev–Trinajstić information content (AvgIpc) is 2.66. The molecule has 1 atom stereocenters. The second-order valence-corrected chi connectivity index (χ2v) is 6.34. The van der Waals surface area contributed by atoms with E-state index >= 15 is 0 Å². The Morgan fingerprint density at radius 2 is 1.96 bits per heavy atom. The van der Waals surface area contributed by atoms with E-state index in [-0.39, 0.29) is 29.7 Å². The van der Waals surface area contributed by atoms with Crippen molar-refractivity contribution in [2.75, 3.05) is 19.7 Å². The highest BCUT2D eigenvalue weighted by Crippen LogP contribution is 2.29. The van der Waals surface area contributed by atoms with E-state index in [1.54, 1.807) is 18.2 Å². The van der Waals surface area contributed by atoms with Gasteiger partial charge in [-0.15, -0.1) is 0 Å². The number of primary amides is 1. The summed E-state index contributed by atoms with van der Waals surface area (Å²) in [5, 5.41) is 11.6. The van der Waals surface area contributed by atoms with Gasteiger partial charge in [0.1, 0.15) is 11.3 Å². The van der Waals surface area contributed by atoms with E-state index in [0.717, 1.165) is 5.39 Å². The maximum atomic E-state index is 12.2. The lowest BCUT2D eigenvalue weighted by atomic mass is 9.97. The number of phenolic OH excluding ortho intramolecular Hbond substituents is 1. The van der Waals surface area contributed by atoms with Gasteiger partial charge in [0.15, 0.2) is 6.61 Å². The molecule has 0 spiro atoms. The molecule has 1 fully saturated rings. The van der Waals surface area contributed by atoms with E-state index in [0.29, 0.717) is 24.8 Å². The van der Waals surface area contributed by atoms with Crippen LogP contribution in [0.2, 0.25) is 0 Å². The third-order valence-electron chi connectivity index (χ3n) is 4.62. The van der Waals surface area contributed by atoms with Gasteiger partial charge in [0.2, 0.25) is 5.91 Å². The van der Waals surface area contributed by atoms with Crippen LogP contribution in [0.1, 0.15) is 23.2 Å². The number of hydrogen-bond donors (Lipinski definition) is 2. The lowest BCUT2D eigenvalue weighted by Crippen LogP contribution is -2.45. The van der Waals surface area contributed by atoms with Crippen molar-refractivity contribution in [2.24, 2.45) is 11.7 Å². The summed E-state index contributed by atoms with van der Waals surface area (Å²) >= 11 is 0. The van der Waals surface area contributed by atoms with Crippen molar-refractivity contribution in [3.63, 3.8) is 0 Å². The molecule has 0 unspecified atom stereocenters. The summed E-state index contributed by atoms with van der Waals surface area (Å²) in [5.41, 5.74) is 5.30. The van der Waals surface area contributed by atoms with Gasteiger partial charge in [-0.3, -0.25) is 9.59 Å². The molecule has 7 nitrogen and oxygen atoms in total. The molecular weight excluding hydrogens is 336 g/mol. The van der Waals surface area contributed by atoms with Gasteiger partial charge in [0.25, 0.3) is 5.91 Å². The summed E-state index contributed by atoms with van der Waals surface area (Å²) in [7, 11) is 0. The summed E-state index contributed by atoms with van der Waals surface area (Å²) < 4.78 is 5.06. The first kappa shape index (κ1) is 17.7. The molecule has 0 saturated carbocycles. The minimum Gasteiger partial charge on any atom is -0.506 e. The number of phenols is 1. The standard InChI is InChI=1S/C19H20N2O5/c20-18(24)13-5-3-9-21(10-13)16(22)11-26-19(25)15-8-7-12-4-1-2-6-14(12)17(15)23/h1-2,4,6-8,13,23H,3,5,9-11H2,(H2,20,24)/t13-/m0/s1. The zero-order chi connectivity index (χ0) is 18.7. The molecule has 0 bridgehead atoms. The van der Waals surface area contributed by atoms with Crippen LogP contribution in [-0.2, 0) is 14.3 Å². The number of amides is 2. The Kier molecular flexibility index (Phi) is 5.06. The Labute approximate surface area is 150 Å². The number of likely N-dealkylation sites (tertiary alicyclic amines) is 1. The molecule has 2 amide bonds. The number of fused-ring (bicyclic) bond motifs is 1. The highest BCUT2D eigenvalue weighted by molar-refractivity contribution is 6.01. The van der Waals surface area contributed by atoms with Gasteiger partial charge >= 0.3 is 5.97 Å². The maximum absolute atomic E-state index is 12.2. The molecule has 0 aromatic heterocycles. The van der Waals surface area contributed by atoms with Crippen LogP contribution in [0.3, 0.4) is 0 Å². The Balaban J connectivity index is 1.64. The Bertz CT molecular complexity index is 864. The van der Waals surface area contributed by atoms with E-state index in [1.807, 2.05) is 12.1 Å². The van der Waals surface area contributed by atoms with Crippen molar-refractivity contribution in [1.82, 2.24) is 4.90 Å². The van der Waals surface area contributed by atoms with Crippen LogP contribution in [0.25, 0.3) is 10.8 Å². The second-order valence-electron chi connectivity index (χ2n) is 6.34. The fraction of sp³-hybridized carbons (Fsp3) is 0.316. The molecule has 7 heteroatoms. The summed E-state index contributed by atoms with van der Waals surface area (Å²) in [6.45, 7) is 0.297. The number of benzene rings is 2. The van der Waals surface area contributed by atoms with Gasteiger partial charge < -0.3 is 20.5 Å². The summed E-state index contributed by atoms with van der Waals surface area (Å²) in [5.74, 6) is -2.13. The Morgan fingerprint density at radius 1 is 1.19 bits per heavy atom. The smallest absolute Gasteiger partial charge is 0.342 e. The van der Waals surface area contributed by atoms with Gasteiger partial charge in [-0.05, 0) is 24.3 Å². The zero-order valence-electron chi connectivity index (χ0n) is 14.2. The fourth-order valence-corrected chi connectivity index (χ4v) is 3.15. The van der Waals surface area contributed by atoms with Gasteiger partial charge in [-0.1, -0.05) is 30.3 Å². The highest BCUT2D eigenvalue weighted by atomic mass is 16.5. The predicted octanol–water partition coefficient (Wildman–Crippen LogP) is 1.43. The largest absolute Gasteiger partial charge is 0.506 e. The molecule has 1 heterocycles. The number of carbonyl (C=O) groups excluding carboxylic acids is 3. The monoisotopic (exact) mass is 356 g/mol. The van der Waals surface area contributed by atoms with Crippen LogP contribution >= 0.6 is 0 Å². The van der Waals surface area contributed by atoms with E-state index < -0.39 is 18.5 Å². The molecule has 136 valence electrons. The van der Waals surface area contributed by atoms with E-state index in [1.165, 1.54) is 11.0 Å². The number of piperidine rings is 1. The third-order valence-corrected chi connectivity index (χ3v) is 4.62. The van der Waals surface area contributed by atoms with Crippen molar-refractivity contribution in [3.8, 4) is 5.75 Å². The average molecular weight is 356 g/mol. The van der Waals surface area contributed by atoms with Gasteiger partial charge in [0.05, 0.1) is 5.92 Å². The van der Waals surface area contributed by atoms with Gasteiger partial charge in [-0.2, -0.15) is 0 Å². The van der Waals surface area contributed by atoms with Crippen molar-refractivity contribution < 1.29 is 24.2 Å². The highest BCUT2D eigenvalue weighted by Gasteiger charge is 2.27. The second kappa shape index (κ2) is 7.43. The number of nitrogens with two attached hydrogens (primary N) is 1. The van der Waals surface area contributed by atoms with E-state index in [9.17, 15) is 19.5 Å². The van der Waals surface area contributed by atoms with Crippen LogP contribution < -0.4 is 5.73 Å². The van der Waals surface area contributed by atoms with Crippen LogP contribution in [-0.4, -0.2) is 47.5 Å². The molecule has 1 aliphatic rings. The normalized spacial score (nSPS) is 17.1. The molecule has 0 aliphatic carbocycles. The van der Waals surface area contributed by atoms with Crippen molar-refractivity contribution in [3.05, 3.63) is 42.0 Å². The molecular formula is C19H20N2O5. The fourth-order valence-electron chi connectivity index (χ4n) is 3.15. The summed E-state index contributed by atoms with van der Waals surface area (Å²) in [6.07, 6.45) is 1.34. The van der Waals surface area contributed by atoms with Crippen molar-refractivity contribution in [2.45, 2.75) is 12.8 Å². The molecule has 1 saturated heterocycles. The van der Waals surface area contributed by atoms with Gasteiger partial charge in [0, 0.05) is 18.5 Å². The molecule has 3 rings (SSSR count). The molecule has 0 radical (unpaired) electrons. The lowest BCUT2D eigenvalue weighted by Gasteiger charge is -2.31. The Morgan fingerprint density at radius 3 is 2.73 bits per heavy atom. The van der Waals surface area contributed by atoms with Crippen LogP contribution in [0.5, 0.6) is 5.75 Å². The topological polar surface area (TPSA) is 110 Å².